The molecule has 4 heteroatoms. The molecule has 0 spiro atoms. The van der Waals surface area contributed by atoms with Gasteiger partial charge < -0.3 is 15.4 Å². The summed E-state index contributed by atoms with van der Waals surface area (Å²) in [6.07, 6.45) is 7.87. The molecule has 2 aliphatic rings. The number of hydrogen-bond acceptors (Lipinski definition) is 3. The number of ether oxygens (including phenoxy) is 1. The fourth-order valence-electron chi connectivity index (χ4n) is 2.68. The van der Waals surface area contributed by atoms with Gasteiger partial charge in [-0.05, 0) is 44.9 Å². The zero-order valence-corrected chi connectivity index (χ0v) is 10.6. The van der Waals surface area contributed by atoms with Crippen LogP contribution in [0.5, 0.6) is 0 Å². The zero-order valence-electron chi connectivity index (χ0n) is 10.6. The molecule has 0 radical (unpaired) electrons. The van der Waals surface area contributed by atoms with Crippen molar-refractivity contribution in [1.82, 2.24) is 4.90 Å². The molecular weight excluding hydrogens is 216 g/mol. The number of carbonyl (C=O) groups excluding carboxylic acids is 1. The fraction of sp³-hybridized carbons (Fsp3) is 0.923. The van der Waals surface area contributed by atoms with E-state index in [4.69, 9.17) is 10.5 Å². The van der Waals surface area contributed by atoms with Gasteiger partial charge in [-0.3, -0.25) is 4.79 Å². The maximum absolute atomic E-state index is 11.9. The van der Waals surface area contributed by atoms with Gasteiger partial charge in [0.1, 0.15) is 6.61 Å². The van der Waals surface area contributed by atoms with Crippen LogP contribution in [0.15, 0.2) is 0 Å². The molecule has 1 amide bonds. The zero-order chi connectivity index (χ0) is 12.1. The van der Waals surface area contributed by atoms with Crippen molar-refractivity contribution in [3.8, 4) is 0 Å². The van der Waals surface area contributed by atoms with Crippen LogP contribution in [0, 0.1) is 0 Å². The number of piperidine rings is 1. The fourth-order valence-corrected chi connectivity index (χ4v) is 2.68. The van der Waals surface area contributed by atoms with E-state index >= 15 is 0 Å². The van der Waals surface area contributed by atoms with Crippen molar-refractivity contribution >= 4 is 5.91 Å². The summed E-state index contributed by atoms with van der Waals surface area (Å²) in [5.41, 5.74) is 5.84. The van der Waals surface area contributed by atoms with Crippen LogP contribution in [-0.2, 0) is 9.53 Å². The molecule has 17 heavy (non-hydrogen) atoms. The van der Waals surface area contributed by atoms with E-state index in [1.54, 1.807) is 0 Å². The van der Waals surface area contributed by atoms with Gasteiger partial charge >= 0.3 is 0 Å². The van der Waals surface area contributed by atoms with E-state index < -0.39 is 0 Å². The first-order valence-electron chi connectivity index (χ1n) is 6.90. The highest BCUT2D eigenvalue weighted by atomic mass is 16.5. The van der Waals surface area contributed by atoms with Crippen molar-refractivity contribution in [2.45, 2.75) is 57.1 Å². The number of hydrogen-bond donors (Lipinski definition) is 1. The highest BCUT2D eigenvalue weighted by molar-refractivity contribution is 5.77. The first-order valence-corrected chi connectivity index (χ1v) is 6.90. The summed E-state index contributed by atoms with van der Waals surface area (Å²) in [7, 11) is 0. The lowest BCUT2D eigenvalue weighted by atomic mass is 9.94. The average molecular weight is 240 g/mol. The van der Waals surface area contributed by atoms with Crippen LogP contribution >= 0.6 is 0 Å². The average Bonchev–Trinajstić information content (AvgIpc) is 2.39. The third-order valence-electron chi connectivity index (χ3n) is 3.87. The minimum Gasteiger partial charge on any atom is -0.368 e. The Hall–Kier alpha value is -0.610. The molecule has 1 saturated carbocycles. The van der Waals surface area contributed by atoms with E-state index in [0.29, 0.717) is 6.04 Å². The number of nitrogens with two attached hydrogens (primary N) is 1. The predicted molar refractivity (Wildman–Crippen MR) is 66.6 cm³/mol. The van der Waals surface area contributed by atoms with Gasteiger partial charge in [0, 0.05) is 19.1 Å². The van der Waals surface area contributed by atoms with Crippen LogP contribution < -0.4 is 5.73 Å². The molecule has 1 aliphatic heterocycles. The Morgan fingerprint density at radius 1 is 1.12 bits per heavy atom. The number of carbonyl (C=O) groups is 1. The smallest absolute Gasteiger partial charge is 0.248 e. The molecule has 2 fully saturated rings. The van der Waals surface area contributed by atoms with E-state index in [0.717, 1.165) is 51.6 Å². The Morgan fingerprint density at radius 3 is 2.41 bits per heavy atom. The quantitative estimate of drug-likeness (QED) is 0.808. The molecule has 0 aromatic heterocycles. The lowest BCUT2D eigenvalue weighted by molar-refractivity contribution is -0.139. The summed E-state index contributed by atoms with van der Waals surface area (Å²) in [6, 6.07) is 0.340. The summed E-state index contributed by atoms with van der Waals surface area (Å²) in [5, 5.41) is 0. The van der Waals surface area contributed by atoms with E-state index in [9.17, 15) is 4.79 Å². The lowest BCUT2D eigenvalue weighted by Gasteiger charge is -2.29. The molecular formula is C13H24N2O2. The number of amides is 1. The lowest BCUT2D eigenvalue weighted by Crippen LogP contribution is -2.39. The van der Waals surface area contributed by atoms with Gasteiger partial charge in [-0.2, -0.15) is 0 Å². The third-order valence-corrected chi connectivity index (χ3v) is 3.87. The van der Waals surface area contributed by atoms with Gasteiger partial charge in [0.25, 0.3) is 0 Å². The van der Waals surface area contributed by atoms with Crippen molar-refractivity contribution in [2.75, 3.05) is 19.7 Å². The predicted octanol–water partition coefficient (Wildman–Crippen LogP) is 1.29. The molecule has 98 valence electrons. The Kier molecular flexibility index (Phi) is 4.80. The summed E-state index contributed by atoms with van der Waals surface area (Å²) < 4.78 is 5.70. The van der Waals surface area contributed by atoms with E-state index in [-0.39, 0.29) is 18.6 Å². The van der Waals surface area contributed by atoms with Crippen LogP contribution in [-0.4, -0.2) is 42.6 Å². The highest BCUT2D eigenvalue weighted by Gasteiger charge is 2.22. The molecule has 0 aromatic rings. The van der Waals surface area contributed by atoms with Crippen LogP contribution in [0.4, 0.5) is 0 Å². The van der Waals surface area contributed by atoms with E-state index in [1.807, 2.05) is 4.90 Å². The van der Waals surface area contributed by atoms with E-state index in [1.165, 1.54) is 6.42 Å². The van der Waals surface area contributed by atoms with Crippen LogP contribution in [0.2, 0.25) is 0 Å². The standard InChI is InChI=1S/C13H24N2O2/c14-11-4-6-12(7-5-11)17-10-13(16)15-8-2-1-3-9-15/h11-12H,1-10,14H2. The van der Waals surface area contributed by atoms with Gasteiger partial charge in [-0.15, -0.1) is 0 Å². The van der Waals surface area contributed by atoms with Gasteiger partial charge in [0.15, 0.2) is 0 Å². The minimum absolute atomic E-state index is 0.166. The highest BCUT2D eigenvalue weighted by Crippen LogP contribution is 2.20. The monoisotopic (exact) mass is 240 g/mol. The van der Waals surface area contributed by atoms with Crippen molar-refractivity contribution in [3.05, 3.63) is 0 Å². The summed E-state index contributed by atoms with van der Waals surface area (Å²) in [4.78, 5) is 13.8. The molecule has 1 saturated heterocycles. The molecule has 2 N–H and O–H groups in total. The second kappa shape index (κ2) is 6.36. The Morgan fingerprint density at radius 2 is 1.76 bits per heavy atom. The SMILES string of the molecule is NC1CCC(OCC(=O)N2CCCCC2)CC1. The molecule has 0 atom stereocenters. The summed E-state index contributed by atoms with van der Waals surface area (Å²) >= 11 is 0. The van der Waals surface area contributed by atoms with Gasteiger partial charge in [-0.1, -0.05) is 0 Å². The van der Waals surface area contributed by atoms with Gasteiger partial charge in [0.05, 0.1) is 6.10 Å². The van der Waals surface area contributed by atoms with Crippen LogP contribution in [0.25, 0.3) is 0 Å². The van der Waals surface area contributed by atoms with Crippen molar-refractivity contribution in [2.24, 2.45) is 5.73 Å². The largest absolute Gasteiger partial charge is 0.368 e. The first kappa shape index (κ1) is 12.8. The third kappa shape index (κ3) is 3.96. The maximum Gasteiger partial charge on any atom is 0.248 e. The van der Waals surface area contributed by atoms with E-state index in [2.05, 4.69) is 0 Å². The minimum atomic E-state index is 0.166. The number of nitrogens with zero attached hydrogens (tertiary/aromatic N) is 1. The molecule has 0 aromatic carbocycles. The van der Waals surface area contributed by atoms with Gasteiger partial charge in [0.2, 0.25) is 5.91 Å². The first-order chi connectivity index (χ1) is 8.25. The van der Waals surface area contributed by atoms with Crippen LogP contribution in [0.1, 0.15) is 44.9 Å². The molecule has 4 nitrogen and oxygen atoms in total. The number of rotatable bonds is 3. The van der Waals surface area contributed by atoms with Crippen molar-refractivity contribution in [1.29, 1.82) is 0 Å². The van der Waals surface area contributed by atoms with Crippen molar-refractivity contribution < 1.29 is 9.53 Å². The Balaban J connectivity index is 1.65. The Labute approximate surface area is 103 Å². The van der Waals surface area contributed by atoms with Gasteiger partial charge in [-0.25, -0.2) is 0 Å². The second-order valence-electron chi connectivity index (χ2n) is 5.29. The molecule has 0 unspecified atom stereocenters. The summed E-state index contributed by atoms with van der Waals surface area (Å²) in [5.74, 6) is 0.166. The number of likely N-dealkylation sites (tertiary alicyclic amines) is 1. The molecule has 0 bridgehead atoms. The Bertz CT molecular complexity index is 244. The normalized spacial score (nSPS) is 30.3. The second-order valence-corrected chi connectivity index (χ2v) is 5.29. The molecule has 1 heterocycles. The summed E-state index contributed by atoms with van der Waals surface area (Å²) in [6.45, 7) is 2.09. The maximum atomic E-state index is 11.9. The topological polar surface area (TPSA) is 55.6 Å². The van der Waals surface area contributed by atoms with Crippen LogP contribution in [0.3, 0.4) is 0 Å². The molecule has 1 aliphatic carbocycles. The molecule has 2 rings (SSSR count). The van der Waals surface area contributed by atoms with Crippen molar-refractivity contribution in [3.63, 3.8) is 0 Å².